The van der Waals surface area contributed by atoms with E-state index >= 15 is 0 Å². The number of unbranched alkanes of at least 4 members (excludes halogenated alkanes) is 9. The molecule has 0 bridgehead atoms. The number of hydrogen-bond acceptors (Lipinski definition) is 9. The quantitative estimate of drug-likeness (QED) is 0.103. The molecule has 0 aromatic heterocycles. The fourth-order valence-corrected chi connectivity index (χ4v) is 6.37. The molecule has 0 spiro atoms. The second-order valence-corrected chi connectivity index (χ2v) is 12.8. The third-order valence-corrected chi connectivity index (χ3v) is 8.66. The van der Waals surface area contributed by atoms with Gasteiger partial charge in [0.25, 0.3) is 5.69 Å². The number of likely N-dealkylation sites (tertiary alicyclic amines) is 1. The van der Waals surface area contributed by atoms with E-state index in [0.717, 1.165) is 38.8 Å². The van der Waals surface area contributed by atoms with E-state index in [2.05, 4.69) is 17.1 Å². The summed E-state index contributed by atoms with van der Waals surface area (Å²) in [5, 5.41) is 13.7. The van der Waals surface area contributed by atoms with Gasteiger partial charge in [-0.05, 0) is 58.3 Å². The van der Waals surface area contributed by atoms with Crippen LogP contribution in [0.3, 0.4) is 0 Å². The minimum absolute atomic E-state index is 0.0536. The first-order chi connectivity index (χ1) is 21.3. The normalized spacial score (nSPS) is 25.4. The van der Waals surface area contributed by atoms with E-state index in [1.165, 1.54) is 82.1 Å². The smallest absolute Gasteiger partial charge is 0.412 e. The molecule has 44 heavy (non-hydrogen) atoms. The number of piperidine rings is 1. The van der Waals surface area contributed by atoms with Gasteiger partial charge >= 0.3 is 6.09 Å². The van der Waals surface area contributed by atoms with Crippen molar-refractivity contribution < 1.29 is 33.4 Å². The van der Waals surface area contributed by atoms with E-state index in [-0.39, 0.29) is 5.69 Å². The molecular formula is C33H53N3O8. The topological polar surface area (TPSA) is 122 Å². The maximum Gasteiger partial charge on any atom is 0.412 e. The van der Waals surface area contributed by atoms with Crippen molar-refractivity contribution in [1.29, 1.82) is 0 Å². The molecule has 3 fully saturated rings. The van der Waals surface area contributed by atoms with Crippen LogP contribution in [0.4, 0.5) is 16.2 Å². The molecule has 248 valence electrons. The van der Waals surface area contributed by atoms with Crippen molar-refractivity contribution in [3.8, 4) is 0 Å². The third-order valence-electron chi connectivity index (χ3n) is 8.66. The molecular weight excluding hydrogens is 566 g/mol. The van der Waals surface area contributed by atoms with Crippen LogP contribution in [0.2, 0.25) is 0 Å². The molecule has 0 aliphatic carbocycles. The van der Waals surface area contributed by atoms with Crippen molar-refractivity contribution in [2.45, 2.75) is 141 Å². The van der Waals surface area contributed by atoms with Crippen LogP contribution in [-0.4, -0.2) is 78.7 Å². The summed E-state index contributed by atoms with van der Waals surface area (Å²) in [6.45, 7) is 8.92. The van der Waals surface area contributed by atoms with Gasteiger partial charge in [-0.1, -0.05) is 71.1 Å². The zero-order valence-corrected chi connectivity index (χ0v) is 26.9. The lowest BCUT2D eigenvalue weighted by Crippen LogP contribution is -2.49. The van der Waals surface area contributed by atoms with Crippen molar-refractivity contribution >= 4 is 17.5 Å². The number of rotatable bonds is 18. The average molecular weight is 620 g/mol. The molecule has 3 aliphatic rings. The summed E-state index contributed by atoms with van der Waals surface area (Å²) >= 11 is 0. The molecule has 1 amide bonds. The largest absolute Gasteiger partial charge is 0.442 e. The Morgan fingerprint density at radius 1 is 0.977 bits per heavy atom. The number of non-ortho nitro benzene ring substituents is 1. The number of benzene rings is 1. The number of nitro groups is 1. The number of nitrogens with one attached hydrogen (secondary N) is 1. The van der Waals surface area contributed by atoms with Crippen molar-refractivity contribution in [1.82, 2.24) is 4.90 Å². The number of carbonyl (C=O) groups excluding carboxylic acids is 1. The molecule has 3 heterocycles. The van der Waals surface area contributed by atoms with Gasteiger partial charge in [-0.2, -0.15) is 0 Å². The highest BCUT2D eigenvalue weighted by Gasteiger charge is 2.58. The van der Waals surface area contributed by atoms with Crippen LogP contribution in [0, 0.1) is 10.1 Å². The van der Waals surface area contributed by atoms with Crippen molar-refractivity contribution in [2.24, 2.45) is 0 Å². The molecule has 0 unspecified atom stereocenters. The molecule has 0 radical (unpaired) electrons. The van der Waals surface area contributed by atoms with Crippen LogP contribution < -0.4 is 5.32 Å². The summed E-state index contributed by atoms with van der Waals surface area (Å²) in [5.41, 5.74) is 0.351. The minimum Gasteiger partial charge on any atom is -0.442 e. The van der Waals surface area contributed by atoms with Crippen molar-refractivity contribution in [3.05, 3.63) is 34.4 Å². The first-order valence-corrected chi connectivity index (χ1v) is 16.8. The molecule has 0 saturated carbocycles. The number of hydrogen-bond donors (Lipinski definition) is 1. The molecule has 11 heteroatoms. The second-order valence-electron chi connectivity index (χ2n) is 12.8. The van der Waals surface area contributed by atoms with Gasteiger partial charge in [0.2, 0.25) is 0 Å². The number of fused-ring (bicyclic) bond motifs is 1. The number of ether oxygens (including phenoxy) is 5. The van der Waals surface area contributed by atoms with Crippen molar-refractivity contribution in [3.63, 3.8) is 0 Å². The van der Waals surface area contributed by atoms with Gasteiger partial charge in [-0.3, -0.25) is 20.3 Å². The maximum atomic E-state index is 13.1. The second kappa shape index (κ2) is 17.4. The van der Waals surface area contributed by atoms with Crippen molar-refractivity contribution in [2.75, 3.05) is 31.6 Å². The highest BCUT2D eigenvalue weighted by Crippen LogP contribution is 2.41. The zero-order chi connectivity index (χ0) is 31.4. The molecule has 1 aromatic carbocycles. The van der Waals surface area contributed by atoms with E-state index in [1.807, 2.05) is 13.8 Å². The molecule has 3 aliphatic heterocycles. The van der Waals surface area contributed by atoms with E-state index < -0.39 is 47.5 Å². The Morgan fingerprint density at radius 3 is 2.23 bits per heavy atom. The number of carbonyl (C=O) groups is 1. The van der Waals surface area contributed by atoms with Gasteiger partial charge in [0.15, 0.2) is 12.1 Å². The van der Waals surface area contributed by atoms with Gasteiger partial charge in [0.1, 0.15) is 24.4 Å². The Bertz CT molecular complexity index is 1020. The molecule has 1 aromatic rings. The lowest BCUT2D eigenvalue weighted by molar-refractivity contribution is -0.384. The van der Waals surface area contributed by atoms with Crippen LogP contribution in [-0.2, 0) is 23.7 Å². The Hall–Kier alpha value is -2.31. The lowest BCUT2D eigenvalue weighted by Gasteiger charge is -2.34. The van der Waals surface area contributed by atoms with E-state index in [1.54, 1.807) is 0 Å². The minimum atomic E-state index is -0.813. The van der Waals surface area contributed by atoms with Crippen LogP contribution in [0.5, 0.6) is 0 Å². The summed E-state index contributed by atoms with van der Waals surface area (Å²) in [6, 6.07) is 5.64. The average Bonchev–Trinajstić information content (AvgIpc) is 3.49. The van der Waals surface area contributed by atoms with E-state index in [9.17, 15) is 14.9 Å². The summed E-state index contributed by atoms with van der Waals surface area (Å²) in [4.78, 5) is 25.9. The predicted molar refractivity (Wildman–Crippen MR) is 168 cm³/mol. The monoisotopic (exact) mass is 619 g/mol. The number of amides is 1. The molecule has 5 atom stereocenters. The fraction of sp³-hybridized carbons (Fsp3) is 0.788. The summed E-state index contributed by atoms with van der Waals surface area (Å²) in [6.07, 6.45) is 12.5. The standard InChI is InChI=1S/C33H53N3O8/c1-4-5-6-7-8-9-10-11-12-16-23-40-31-30-29(43-33(2,3)44-30)28(42-31)27(24-35-21-14-13-15-22-35)41-32(37)34-25-17-19-26(20-18-25)36(38)39/h17-20,27-31H,4-16,21-24H2,1-3H3,(H,34,37)/t27-,28-,29+,30+,31+/m1/s1. The van der Waals surface area contributed by atoms with Gasteiger partial charge in [-0.15, -0.1) is 0 Å². The highest BCUT2D eigenvalue weighted by atomic mass is 16.8. The summed E-state index contributed by atoms with van der Waals surface area (Å²) in [5.74, 6) is -0.813. The van der Waals surface area contributed by atoms with Crippen LogP contribution in [0.15, 0.2) is 24.3 Å². The fourth-order valence-electron chi connectivity index (χ4n) is 6.37. The Labute approximate surface area is 262 Å². The van der Waals surface area contributed by atoms with Crippen LogP contribution in [0.1, 0.15) is 104 Å². The Morgan fingerprint density at radius 2 is 1.59 bits per heavy atom. The van der Waals surface area contributed by atoms with E-state index in [4.69, 9.17) is 23.7 Å². The van der Waals surface area contributed by atoms with Gasteiger partial charge in [-0.25, -0.2) is 4.79 Å². The number of nitro benzene ring substituents is 1. The van der Waals surface area contributed by atoms with Gasteiger partial charge < -0.3 is 23.7 Å². The first kappa shape index (κ1) is 34.6. The SMILES string of the molecule is CCCCCCCCCCCCO[C@H]1O[C@H]([C@@H](CN2CCCCC2)OC(=O)Nc2ccc([N+](=O)[O-])cc2)[C@@H]2OC(C)(C)O[C@H]12. The number of anilines is 1. The number of nitrogens with zero attached hydrogens (tertiary/aromatic N) is 2. The predicted octanol–water partition coefficient (Wildman–Crippen LogP) is 7.18. The maximum absolute atomic E-state index is 13.1. The van der Waals surface area contributed by atoms with Gasteiger partial charge in [0.05, 0.1) is 4.92 Å². The molecule has 1 N–H and O–H groups in total. The molecule has 11 nitrogen and oxygen atoms in total. The Balaban J connectivity index is 1.32. The summed E-state index contributed by atoms with van der Waals surface area (Å²) in [7, 11) is 0. The third kappa shape index (κ3) is 10.7. The van der Waals surface area contributed by atoms with Crippen LogP contribution >= 0.6 is 0 Å². The lowest BCUT2D eigenvalue weighted by atomic mass is 10.0. The first-order valence-electron chi connectivity index (χ1n) is 16.8. The molecule has 3 saturated heterocycles. The van der Waals surface area contributed by atoms with E-state index in [0.29, 0.717) is 18.8 Å². The summed E-state index contributed by atoms with van der Waals surface area (Å²) < 4.78 is 31.2. The highest BCUT2D eigenvalue weighted by molar-refractivity contribution is 5.84. The molecule has 4 rings (SSSR count). The van der Waals surface area contributed by atoms with Crippen LogP contribution in [0.25, 0.3) is 0 Å². The Kier molecular flexibility index (Phi) is 13.7. The van der Waals surface area contributed by atoms with Gasteiger partial charge in [0, 0.05) is 31.0 Å². The zero-order valence-electron chi connectivity index (χ0n) is 26.9.